The molecule has 2 N–H and O–H groups in total. The van der Waals surface area contributed by atoms with Crippen LogP contribution in [0.15, 0.2) is 46.5 Å². The molecule has 0 aliphatic carbocycles. The summed E-state index contributed by atoms with van der Waals surface area (Å²) in [5.74, 6) is -0.474. The predicted molar refractivity (Wildman–Crippen MR) is 129 cm³/mol. The van der Waals surface area contributed by atoms with Crippen LogP contribution in [0.4, 0.5) is 10.5 Å². The maximum Gasteiger partial charge on any atom is 0.325 e. The third-order valence-corrected chi connectivity index (χ3v) is 8.28. The van der Waals surface area contributed by atoms with Crippen LogP contribution < -0.4 is 10.6 Å². The van der Waals surface area contributed by atoms with Crippen LogP contribution in [-0.2, 0) is 14.8 Å². The Labute approximate surface area is 199 Å². The lowest BCUT2D eigenvalue weighted by molar-refractivity contribution is -0.119. The number of nitrogens with zero attached hydrogens (tertiary/aromatic N) is 3. The van der Waals surface area contributed by atoms with Gasteiger partial charge < -0.3 is 10.2 Å². The number of hydrogen-bond acceptors (Lipinski definition) is 7. The Kier molecular flexibility index (Phi) is 8.11. The van der Waals surface area contributed by atoms with Crippen LogP contribution in [0.2, 0.25) is 0 Å². The number of likely N-dealkylation sites (N-methyl/N-ethyl adjacent to an activating group) is 1. The van der Waals surface area contributed by atoms with Gasteiger partial charge in [0.05, 0.1) is 10.3 Å². The molecule has 11 heteroatoms. The lowest BCUT2D eigenvalue weighted by Gasteiger charge is -2.31. The maximum atomic E-state index is 12.8. The molecule has 1 aliphatic heterocycles. The smallest absolute Gasteiger partial charge is 0.307 e. The van der Waals surface area contributed by atoms with Crippen LogP contribution >= 0.6 is 11.8 Å². The van der Waals surface area contributed by atoms with E-state index < -0.39 is 27.2 Å². The molecule has 3 amide bonds. The molecule has 0 saturated carbocycles. The molecule has 2 aromatic rings. The zero-order chi connectivity index (χ0) is 24.2. The Morgan fingerprint density at radius 1 is 1.09 bits per heavy atom. The standard InChI is InChI=1S/C22H29N5O4S2/c1-15-5-7-19(16(2)13-15)24-22(29)25-21(28)17(3)32-20-8-6-18(14-23-20)33(30,31)27-11-9-26(4)10-12-27/h5-8,13-14,17H,9-12H2,1-4H3,(H2,24,25,28,29). The second-order valence-electron chi connectivity index (χ2n) is 8.06. The van der Waals surface area contributed by atoms with Gasteiger partial charge in [0.25, 0.3) is 0 Å². The van der Waals surface area contributed by atoms with Crippen molar-refractivity contribution >= 4 is 39.4 Å². The number of aryl methyl sites for hydroxylation is 2. The van der Waals surface area contributed by atoms with Gasteiger partial charge in [-0.05, 0) is 51.6 Å². The summed E-state index contributed by atoms with van der Waals surface area (Å²) in [6, 6.07) is 8.07. The Hall–Kier alpha value is -2.47. The van der Waals surface area contributed by atoms with E-state index in [9.17, 15) is 18.0 Å². The van der Waals surface area contributed by atoms with Gasteiger partial charge in [-0.25, -0.2) is 18.2 Å². The monoisotopic (exact) mass is 491 g/mol. The van der Waals surface area contributed by atoms with Crippen molar-refractivity contribution in [2.75, 3.05) is 38.5 Å². The second kappa shape index (κ2) is 10.6. The van der Waals surface area contributed by atoms with Crippen molar-refractivity contribution in [2.24, 2.45) is 0 Å². The Morgan fingerprint density at radius 3 is 2.39 bits per heavy atom. The summed E-state index contributed by atoms with van der Waals surface area (Å²) in [7, 11) is -1.64. The van der Waals surface area contributed by atoms with Gasteiger partial charge in [-0.2, -0.15) is 4.31 Å². The lowest BCUT2D eigenvalue weighted by atomic mass is 10.1. The van der Waals surface area contributed by atoms with E-state index >= 15 is 0 Å². The minimum atomic E-state index is -3.60. The molecule has 1 aliphatic rings. The molecule has 1 aromatic heterocycles. The van der Waals surface area contributed by atoms with E-state index in [1.807, 2.05) is 33.0 Å². The van der Waals surface area contributed by atoms with Crippen molar-refractivity contribution in [1.82, 2.24) is 19.5 Å². The number of urea groups is 1. The Morgan fingerprint density at radius 2 is 1.79 bits per heavy atom. The Bertz CT molecular complexity index is 1110. The highest BCUT2D eigenvalue weighted by Gasteiger charge is 2.28. The number of sulfonamides is 1. The van der Waals surface area contributed by atoms with Crippen LogP contribution in [0.25, 0.3) is 0 Å². The quantitative estimate of drug-likeness (QED) is 0.597. The minimum Gasteiger partial charge on any atom is -0.307 e. The van der Waals surface area contributed by atoms with Gasteiger partial charge in [0.1, 0.15) is 4.90 Å². The summed E-state index contributed by atoms with van der Waals surface area (Å²) in [5, 5.41) is 4.88. The van der Waals surface area contributed by atoms with Gasteiger partial charge in [-0.1, -0.05) is 29.5 Å². The number of pyridine rings is 1. The number of carbonyl (C=O) groups excluding carboxylic acids is 2. The fraction of sp³-hybridized carbons (Fsp3) is 0.409. The Balaban J connectivity index is 1.55. The summed E-state index contributed by atoms with van der Waals surface area (Å²) in [6.07, 6.45) is 1.31. The first-order chi connectivity index (χ1) is 15.6. The van der Waals surface area contributed by atoms with E-state index in [4.69, 9.17) is 0 Å². The number of hydrogen-bond donors (Lipinski definition) is 2. The number of carbonyl (C=O) groups is 2. The van der Waals surface area contributed by atoms with Gasteiger partial charge >= 0.3 is 6.03 Å². The fourth-order valence-corrected chi connectivity index (χ4v) is 5.48. The minimum absolute atomic E-state index is 0.126. The number of benzene rings is 1. The third-order valence-electron chi connectivity index (χ3n) is 5.34. The molecule has 0 bridgehead atoms. The van der Waals surface area contributed by atoms with E-state index in [0.717, 1.165) is 22.9 Å². The number of amides is 3. The highest BCUT2D eigenvalue weighted by molar-refractivity contribution is 8.00. The van der Waals surface area contributed by atoms with Crippen molar-refractivity contribution in [3.63, 3.8) is 0 Å². The lowest BCUT2D eigenvalue weighted by Crippen LogP contribution is -2.47. The average molecular weight is 492 g/mol. The number of piperazine rings is 1. The first-order valence-electron chi connectivity index (χ1n) is 10.6. The van der Waals surface area contributed by atoms with Gasteiger partial charge in [0.2, 0.25) is 15.9 Å². The van der Waals surface area contributed by atoms with Crippen LogP contribution in [-0.4, -0.2) is 73.0 Å². The van der Waals surface area contributed by atoms with Gasteiger partial charge in [0.15, 0.2) is 0 Å². The molecule has 3 rings (SSSR count). The van der Waals surface area contributed by atoms with Crippen LogP contribution in [0, 0.1) is 13.8 Å². The van der Waals surface area contributed by atoms with Gasteiger partial charge in [0, 0.05) is 38.1 Å². The molecule has 178 valence electrons. The zero-order valence-corrected chi connectivity index (χ0v) is 20.8. The predicted octanol–water partition coefficient (Wildman–Crippen LogP) is 2.46. The van der Waals surface area contributed by atoms with Crippen LogP contribution in [0.3, 0.4) is 0 Å². The summed E-state index contributed by atoms with van der Waals surface area (Å²) in [4.78, 5) is 31.0. The van der Waals surface area contributed by atoms with Crippen LogP contribution in [0.5, 0.6) is 0 Å². The van der Waals surface area contributed by atoms with Crippen molar-refractivity contribution in [3.8, 4) is 0 Å². The maximum absolute atomic E-state index is 12.8. The molecular formula is C22H29N5O4S2. The topological polar surface area (TPSA) is 112 Å². The molecule has 1 unspecified atom stereocenters. The first-order valence-corrected chi connectivity index (χ1v) is 12.9. The van der Waals surface area contributed by atoms with Crippen molar-refractivity contribution < 1.29 is 18.0 Å². The van der Waals surface area contributed by atoms with E-state index in [0.29, 0.717) is 36.9 Å². The number of aromatic nitrogens is 1. The van der Waals surface area contributed by atoms with Gasteiger partial charge in [-0.3, -0.25) is 10.1 Å². The van der Waals surface area contributed by atoms with Crippen molar-refractivity contribution in [1.29, 1.82) is 0 Å². The van der Waals surface area contributed by atoms with E-state index in [2.05, 4.69) is 20.5 Å². The van der Waals surface area contributed by atoms with E-state index in [1.165, 1.54) is 16.6 Å². The SMILES string of the molecule is Cc1ccc(NC(=O)NC(=O)C(C)Sc2ccc(S(=O)(=O)N3CCN(C)CC3)cn2)c(C)c1. The van der Waals surface area contributed by atoms with Crippen LogP contribution in [0.1, 0.15) is 18.1 Å². The summed E-state index contributed by atoms with van der Waals surface area (Å²) in [6.45, 7) is 7.74. The number of nitrogens with one attached hydrogen (secondary N) is 2. The normalized spacial score (nSPS) is 16.2. The summed E-state index contributed by atoms with van der Waals surface area (Å²) < 4.78 is 27.1. The molecule has 0 spiro atoms. The largest absolute Gasteiger partial charge is 0.325 e. The summed E-state index contributed by atoms with van der Waals surface area (Å²) >= 11 is 1.14. The number of imide groups is 1. The van der Waals surface area contributed by atoms with E-state index in [1.54, 1.807) is 19.1 Å². The van der Waals surface area contributed by atoms with Gasteiger partial charge in [-0.15, -0.1) is 0 Å². The molecule has 33 heavy (non-hydrogen) atoms. The highest BCUT2D eigenvalue weighted by atomic mass is 32.2. The number of thioether (sulfide) groups is 1. The fourth-order valence-electron chi connectivity index (χ4n) is 3.32. The summed E-state index contributed by atoms with van der Waals surface area (Å²) in [5.41, 5.74) is 2.61. The molecular weight excluding hydrogens is 462 g/mol. The molecule has 1 atom stereocenters. The third kappa shape index (κ3) is 6.53. The zero-order valence-electron chi connectivity index (χ0n) is 19.2. The molecule has 1 saturated heterocycles. The highest BCUT2D eigenvalue weighted by Crippen LogP contribution is 2.24. The second-order valence-corrected chi connectivity index (χ2v) is 11.4. The molecule has 1 aromatic carbocycles. The number of anilines is 1. The average Bonchev–Trinajstić information content (AvgIpc) is 2.76. The van der Waals surface area contributed by atoms with Crippen molar-refractivity contribution in [2.45, 2.75) is 35.9 Å². The molecule has 0 radical (unpaired) electrons. The molecule has 9 nitrogen and oxygen atoms in total. The van der Waals surface area contributed by atoms with E-state index in [-0.39, 0.29) is 4.90 Å². The number of rotatable bonds is 6. The molecule has 2 heterocycles. The molecule has 1 fully saturated rings. The first kappa shape index (κ1) is 25.2. The van der Waals surface area contributed by atoms with Crippen molar-refractivity contribution in [3.05, 3.63) is 47.7 Å².